The van der Waals surface area contributed by atoms with Crippen molar-refractivity contribution in [2.24, 2.45) is 5.92 Å². The Morgan fingerprint density at radius 2 is 1.77 bits per heavy atom. The maximum atomic E-state index is 14.6. The van der Waals surface area contributed by atoms with E-state index in [0.29, 0.717) is 11.5 Å². The molecule has 162 valence electrons. The molecule has 31 heavy (non-hydrogen) atoms. The van der Waals surface area contributed by atoms with Crippen LogP contribution in [0.15, 0.2) is 54.7 Å². The normalized spacial score (nSPS) is 14.6. The van der Waals surface area contributed by atoms with Crippen molar-refractivity contribution in [1.29, 1.82) is 0 Å². The van der Waals surface area contributed by atoms with Crippen molar-refractivity contribution in [2.45, 2.75) is 51.9 Å². The molecule has 4 heteroatoms. The molecule has 0 amide bonds. The van der Waals surface area contributed by atoms with Crippen molar-refractivity contribution in [3.05, 3.63) is 83.1 Å². The van der Waals surface area contributed by atoms with Crippen LogP contribution in [-0.4, -0.2) is 23.1 Å². The van der Waals surface area contributed by atoms with Gasteiger partial charge < -0.3 is 5.32 Å². The number of aromatic nitrogens is 2. The Morgan fingerprint density at radius 3 is 2.58 bits per heavy atom. The lowest BCUT2D eigenvalue weighted by atomic mass is 9.91. The van der Waals surface area contributed by atoms with Crippen LogP contribution < -0.4 is 5.32 Å². The number of halogens is 1. The summed E-state index contributed by atoms with van der Waals surface area (Å²) in [6, 6.07) is 16.8. The Kier molecular flexibility index (Phi) is 7.42. The van der Waals surface area contributed by atoms with Gasteiger partial charge in [-0.2, -0.15) is 0 Å². The highest BCUT2D eigenvalue weighted by Crippen LogP contribution is 2.24. The van der Waals surface area contributed by atoms with E-state index in [0.717, 1.165) is 50.3 Å². The molecular formula is C27H32FN3. The lowest BCUT2D eigenvalue weighted by Crippen LogP contribution is -2.27. The van der Waals surface area contributed by atoms with E-state index in [2.05, 4.69) is 58.6 Å². The third-order valence-corrected chi connectivity index (χ3v) is 6.28. The number of rotatable bonds is 8. The van der Waals surface area contributed by atoms with Gasteiger partial charge in [0.1, 0.15) is 11.5 Å². The smallest absolute Gasteiger partial charge is 0.167 e. The molecule has 0 atom stereocenters. The van der Waals surface area contributed by atoms with Crippen LogP contribution in [0.2, 0.25) is 0 Å². The molecule has 1 fully saturated rings. The number of hydrogen-bond donors (Lipinski definition) is 1. The molecule has 4 rings (SSSR count). The summed E-state index contributed by atoms with van der Waals surface area (Å²) in [5, 5.41) is 3.43. The fourth-order valence-corrected chi connectivity index (χ4v) is 4.35. The van der Waals surface area contributed by atoms with Gasteiger partial charge in [0.15, 0.2) is 5.82 Å². The van der Waals surface area contributed by atoms with Crippen molar-refractivity contribution in [3.8, 4) is 11.3 Å². The molecule has 3 aromatic rings. The quantitative estimate of drug-likeness (QED) is 0.511. The molecular weight excluding hydrogens is 385 g/mol. The summed E-state index contributed by atoms with van der Waals surface area (Å²) in [4.78, 5) is 8.82. The molecule has 1 aliphatic rings. The Balaban J connectivity index is 1.39. The minimum Gasteiger partial charge on any atom is -0.317 e. The molecule has 2 heterocycles. The van der Waals surface area contributed by atoms with Gasteiger partial charge in [-0.25, -0.2) is 14.4 Å². The van der Waals surface area contributed by atoms with E-state index in [4.69, 9.17) is 0 Å². The Labute approximate surface area is 185 Å². The zero-order valence-corrected chi connectivity index (χ0v) is 18.4. The van der Waals surface area contributed by atoms with E-state index < -0.39 is 0 Å². The summed E-state index contributed by atoms with van der Waals surface area (Å²) < 4.78 is 14.6. The van der Waals surface area contributed by atoms with Gasteiger partial charge in [-0.3, -0.25) is 0 Å². The summed E-state index contributed by atoms with van der Waals surface area (Å²) >= 11 is 0. The highest BCUT2D eigenvalue weighted by atomic mass is 19.1. The van der Waals surface area contributed by atoms with Crippen molar-refractivity contribution in [2.75, 3.05) is 13.1 Å². The van der Waals surface area contributed by atoms with E-state index in [-0.39, 0.29) is 5.82 Å². The first kappa shape index (κ1) is 21.6. The van der Waals surface area contributed by atoms with E-state index in [1.807, 2.05) is 12.1 Å². The minimum atomic E-state index is -0.349. The van der Waals surface area contributed by atoms with Crippen molar-refractivity contribution >= 4 is 0 Å². The first-order chi connectivity index (χ1) is 15.2. The van der Waals surface area contributed by atoms with Crippen LogP contribution in [0.5, 0.6) is 0 Å². The predicted molar refractivity (Wildman–Crippen MR) is 125 cm³/mol. The molecule has 1 aromatic heterocycles. The van der Waals surface area contributed by atoms with Crippen LogP contribution >= 0.6 is 0 Å². The number of piperidine rings is 1. The molecule has 0 spiro atoms. The number of hydrogen-bond acceptors (Lipinski definition) is 3. The largest absolute Gasteiger partial charge is 0.317 e. The first-order valence-corrected chi connectivity index (χ1v) is 11.5. The summed E-state index contributed by atoms with van der Waals surface area (Å²) in [6.45, 7) is 4.35. The SMILES string of the molecule is Cc1ccc(CCCc2ncc(F)c(-c3cccc(CCC4CCNCC4)c3)n2)cc1. The third kappa shape index (κ3) is 6.20. The summed E-state index contributed by atoms with van der Waals surface area (Å²) in [5.41, 5.74) is 5.11. The minimum absolute atomic E-state index is 0.349. The zero-order chi connectivity index (χ0) is 21.5. The molecule has 0 aliphatic carbocycles. The van der Waals surface area contributed by atoms with Crippen molar-refractivity contribution in [3.63, 3.8) is 0 Å². The van der Waals surface area contributed by atoms with Gasteiger partial charge in [0, 0.05) is 12.0 Å². The van der Waals surface area contributed by atoms with Gasteiger partial charge in [-0.05, 0) is 81.6 Å². The molecule has 0 saturated carbocycles. The highest BCUT2D eigenvalue weighted by Gasteiger charge is 2.14. The number of nitrogens with zero attached hydrogens (tertiary/aromatic N) is 2. The number of aryl methyl sites for hydroxylation is 4. The van der Waals surface area contributed by atoms with Crippen LogP contribution in [0.3, 0.4) is 0 Å². The second-order valence-corrected chi connectivity index (χ2v) is 8.75. The average molecular weight is 418 g/mol. The number of benzene rings is 2. The maximum absolute atomic E-state index is 14.6. The van der Waals surface area contributed by atoms with E-state index in [1.165, 1.54) is 42.1 Å². The molecule has 1 aliphatic heterocycles. The highest BCUT2D eigenvalue weighted by molar-refractivity contribution is 5.60. The first-order valence-electron chi connectivity index (χ1n) is 11.5. The Morgan fingerprint density at radius 1 is 0.968 bits per heavy atom. The molecule has 1 saturated heterocycles. The van der Waals surface area contributed by atoms with Gasteiger partial charge >= 0.3 is 0 Å². The van der Waals surface area contributed by atoms with Crippen LogP contribution in [0.4, 0.5) is 4.39 Å². The molecule has 2 aromatic carbocycles. The van der Waals surface area contributed by atoms with Crippen molar-refractivity contribution in [1.82, 2.24) is 15.3 Å². The molecule has 0 radical (unpaired) electrons. The summed E-state index contributed by atoms with van der Waals surface area (Å²) in [6.07, 6.45) is 8.74. The Hall–Kier alpha value is -2.59. The second-order valence-electron chi connectivity index (χ2n) is 8.75. The molecule has 0 unspecified atom stereocenters. The lowest BCUT2D eigenvalue weighted by molar-refractivity contribution is 0.354. The summed E-state index contributed by atoms with van der Waals surface area (Å²) in [7, 11) is 0. The van der Waals surface area contributed by atoms with Crippen molar-refractivity contribution < 1.29 is 4.39 Å². The fourth-order valence-electron chi connectivity index (χ4n) is 4.35. The van der Waals surface area contributed by atoms with Crippen LogP contribution in [0.1, 0.15) is 48.2 Å². The topological polar surface area (TPSA) is 37.8 Å². The van der Waals surface area contributed by atoms with Crippen LogP contribution in [-0.2, 0) is 19.3 Å². The van der Waals surface area contributed by atoms with E-state index in [9.17, 15) is 4.39 Å². The van der Waals surface area contributed by atoms with Gasteiger partial charge in [-0.1, -0.05) is 48.0 Å². The number of nitrogens with one attached hydrogen (secondary N) is 1. The van der Waals surface area contributed by atoms with Gasteiger partial charge in [0.25, 0.3) is 0 Å². The summed E-state index contributed by atoms with van der Waals surface area (Å²) in [5.74, 6) is 1.15. The van der Waals surface area contributed by atoms with E-state index in [1.54, 1.807) is 0 Å². The van der Waals surface area contributed by atoms with Crippen LogP contribution in [0.25, 0.3) is 11.3 Å². The molecule has 3 nitrogen and oxygen atoms in total. The Bertz CT molecular complexity index is 978. The predicted octanol–water partition coefficient (Wildman–Crippen LogP) is 5.70. The van der Waals surface area contributed by atoms with Gasteiger partial charge in [0.05, 0.1) is 6.20 Å². The lowest BCUT2D eigenvalue weighted by Gasteiger charge is -2.22. The van der Waals surface area contributed by atoms with Gasteiger partial charge in [-0.15, -0.1) is 0 Å². The third-order valence-electron chi connectivity index (χ3n) is 6.28. The monoisotopic (exact) mass is 417 g/mol. The maximum Gasteiger partial charge on any atom is 0.167 e. The molecule has 0 bridgehead atoms. The average Bonchev–Trinajstić information content (AvgIpc) is 2.81. The zero-order valence-electron chi connectivity index (χ0n) is 18.4. The second kappa shape index (κ2) is 10.6. The molecule has 1 N–H and O–H groups in total. The van der Waals surface area contributed by atoms with Gasteiger partial charge in [0.2, 0.25) is 0 Å². The van der Waals surface area contributed by atoms with Crippen LogP contribution in [0, 0.1) is 18.7 Å². The standard InChI is InChI=1S/C27H32FN3/c1-20-8-10-21(11-9-20)4-3-7-26-30-19-25(28)27(31-26)24-6-2-5-23(18-24)13-12-22-14-16-29-17-15-22/h2,5-6,8-11,18-19,22,29H,3-4,7,12-17H2,1H3. The van der Waals surface area contributed by atoms with E-state index >= 15 is 0 Å². The fraction of sp³-hybridized carbons (Fsp3) is 0.407.